The summed E-state index contributed by atoms with van der Waals surface area (Å²) in [5, 5.41) is 17.3. The van der Waals surface area contributed by atoms with E-state index in [4.69, 9.17) is 15.9 Å². The van der Waals surface area contributed by atoms with Crippen LogP contribution >= 0.6 is 0 Å². The monoisotopic (exact) mass is 339 g/mol. The van der Waals surface area contributed by atoms with Crippen molar-refractivity contribution in [3.8, 4) is 0 Å². The molecule has 0 fully saturated rings. The first kappa shape index (κ1) is 21.3. The molecule has 0 aromatic heterocycles. The van der Waals surface area contributed by atoms with Crippen molar-refractivity contribution in [2.75, 3.05) is 5.75 Å². The molecule has 1 atom stereocenters. The molecule has 0 spiro atoms. The summed E-state index contributed by atoms with van der Waals surface area (Å²) in [6.45, 7) is 2.15. The topological polar surface area (TPSA) is 127 Å². The van der Waals surface area contributed by atoms with E-state index in [1.165, 1.54) is 19.3 Å². The molecule has 8 heteroatoms. The van der Waals surface area contributed by atoms with E-state index in [1.54, 1.807) is 0 Å². The molecule has 0 bridgehead atoms. The molecular weight excluding hydrogens is 310 g/mol. The Morgan fingerprint density at radius 2 is 1.55 bits per heavy atom. The Bertz CT molecular complexity index is 396. The van der Waals surface area contributed by atoms with Gasteiger partial charge in [-0.1, -0.05) is 51.9 Å². The maximum absolute atomic E-state index is 11.6. The Hall–Kier alpha value is -0.700. The fourth-order valence-electron chi connectivity index (χ4n) is 1.96. The van der Waals surface area contributed by atoms with Crippen LogP contribution in [0.4, 0.5) is 0 Å². The number of aliphatic hydroxyl groups excluding tert-OH is 1. The van der Waals surface area contributed by atoms with Gasteiger partial charge in [0.2, 0.25) is 0 Å². The summed E-state index contributed by atoms with van der Waals surface area (Å²) in [7, 11) is -3.96. The number of nitrogens with two attached hydrogens (primary N) is 1. The standard InChI is InChI=1S/C14H29NO6S/c1-2-3-4-5-6-7-8-9-10-22(19,20)21-14(18)12(15)11-13(16)17/h12-13,16-17H,2-11,15H2,1H3/t12-/m0/s1. The van der Waals surface area contributed by atoms with E-state index in [0.29, 0.717) is 6.42 Å². The fraction of sp³-hybridized carbons (Fsp3) is 0.929. The Kier molecular flexibility index (Phi) is 11.4. The maximum Gasteiger partial charge on any atom is 0.338 e. The minimum atomic E-state index is -3.96. The highest BCUT2D eigenvalue weighted by molar-refractivity contribution is 7.87. The highest BCUT2D eigenvalue weighted by Gasteiger charge is 2.24. The first-order valence-electron chi connectivity index (χ1n) is 7.86. The summed E-state index contributed by atoms with van der Waals surface area (Å²) < 4.78 is 27.5. The second-order valence-electron chi connectivity index (χ2n) is 5.46. The quantitative estimate of drug-likeness (QED) is 0.260. The number of aliphatic hydroxyl groups is 2. The molecule has 0 aliphatic heterocycles. The van der Waals surface area contributed by atoms with Crippen molar-refractivity contribution in [2.24, 2.45) is 5.73 Å². The number of rotatable bonds is 13. The van der Waals surface area contributed by atoms with Crippen LogP contribution in [0.1, 0.15) is 64.7 Å². The van der Waals surface area contributed by atoms with Crippen LogP contribution in [0.5, 0.6) is 0 Å². The molecule has 0 radical (unpaired) electrons. The van der Waals surface area contributed by atoms with Crippen LogP contribution in [0, 0.1) is 0 Å². The summed E-state index contributed by atoms with van der Waals surface area (Å²) in [6.07, 6.45) is 5.79. The van der Waals surface area contributed by atoms with Crippen molar-refractivity contribution in [1.82, 2.24) is 0 Å². The lowest BCUT2D eigenvalue weighted by Gasteiger charge is -2.12. The molecule has 0 aromatic rings. The van der Waals surface area contributed by atoms with Crippen molar-refractivity contribution in [1.29, 1.82) is 0 Å². The van der Waals surface area contributed by atoms with E-state index in [-0.39, 0.29) is 5.75 Å². The largest absolute Gasteiger partial charge is 0.368 e. The van der Waals surface area contributed by atoms with E-state index in [0.717, 1.165) is 25.7 Å². The second kappa shape index (κ2) is 11.8. The lowest BCUT2D eigenvalue weighted by atomic mass is 10.1. The average Bonchev–Trinajstić information content (AvgIpc) is 2.40. The second-order valence-corrected chi connectivity index (χ2v) is 7.15. The Labute approximate surface area is 133 Å². The molecule has 7 nitrogen and oxygen atoms in total. The molecule has 22 heavy (non-hydrogen) atoms. The third-order valence-electron chi connectivity index (χ3n) is 3.22. The molecular formula is C14H29NO6S. The van der Waals surface area contributed by atoms with E-state index in [9.17, 15) is 13.2 Å². The zero-order valence-electron chi connectivity index (χ0n) is 13.2. The smallest absolute Gasteiger partial charge is 0.338 e. The van der Waals surface area contributed by atoms with Gasteiger partial charge in [0, 0.05) is 6.42 Å². The summed E-state index contributed by atoms with van der Waals surface area (Å²) in [6, 6.07) is -1.37. The molecule has 0 heterocycles. The number of carbonyl (C=O) groups excluding carboxylic acids is 1. The van der Waals surface area contributed by atoms with Gasteiger partial charge in [-0.05, 0) is 6.42 Å². The summed E-state index contributed by atoms with van der Waals surface area (Å²) >= 11 is 0. The van der Waals surface area contributed by atoms with Crippen LogP contribution in [0.25, 0.3) is 0 Å². The third-order valence-corrected chi connectivity index (χ3v) is 4.43. The van der Waals surface area contributed by atoms with Crippen LogP contribution in [-0.4, -0.2) is 42.7 Å². The summed E-state index contributed by atoms with van der Waals surface area (Å²) in [5.74, 6) is -1.39. The van der Waals surface area contributed by atoms with Crippen molar-refractivity contribution in [3.63, 3.8) is 0 Å². The molecule has 0 aliphatic rings. The van der Waals surface area contributed by atoms with E-state index in [2.05, 4.69) is 11.1 Å². The van der Waals surface area contributed by atoms with Crippen molar-refractivity contribution in [3.05, 3.63) is 0 Å². The van der Waals surface area contributed by atoms with E-state index < -0.39 is 34.8 Å². The number of hydrogen-bond donors (Lipinski definition) is 3. The fourth-order valence-corrected chi connectivity index (χ4v) is 2.98. The first-order chi connectivity index (χ1) is 10.3. The van der Waals surface area contributed by atoms with Crippen LogP contribution < -0.4 is 5.73 Å². The predicted octanol–water partition coefficient (Wildman–Crippen LogP) is 1.03. The van der Waals surface area contributed by atoms with Crippen molar-refractivity contribution in [2.45, 2.75) is 77.0 Å². The normalized spacial score (nSPS) is 13.3. The number of carbonyl (C=O) groups is 1. The molecule has 0 saturated heterocycles. The SMILES string of the molecule is CCCCCCCCCCS(=O)(=O)OC(=O)[C@@H](N)CC(O)O. The molecule has 0 unspecified atom stereocenters. The highest BCUT2D eigenvalue weighted by Crippen LogP contribution is 2.10. The van der Waals surface area contributed by atoms with Crippen LogP contribution in [0.3, 0.4) is 0 Å². The minimum Gasteiger partial charge on any atom is -0.368 e. The van der Waals surface area contributed by atoms with Crippen molar-refractivity contribution >= 4 is 16.1 Å². The van der Waals surface area contributed by atoms with E-state index in [1.807, 2.05) is 0 Å². The van der Waals surface area contributed by atoms with Crippen LogP contribution in [0.2, 0.25) is 0 Å². The molecule has 0 saturated carbocycles. The van der Waals surface area contributed by atoms with Gasteiger partial charge in [-0.15, -0.1) is 0 Å². The van der Waals surface area contributed by atoms with E-state index >= 15 is 0 Å². The molecule has 0 rings (SSSR count). The van der Waals surface area contributed by atoms with Gasteiger partial charge in [0.25, 0.3) is 0 Å². The minimum absolute atomic E-state index is 0.234. The maximum atomic E-state index is 11.6. The number of hydrogen-bond acceptors (Lipinski definition) is 7. The van der Waals surface area contributed by atoms with Gasteiger partial charge in [0.05, 0.1) is 5.75 Å². The summed E-state index contributed by atoms with van der Waals surface area (Å²) in [5.41, 5.74) is 5.30. The van der Waals surface area contributed by atoms with Gasteiger partial charge in [-0.25, -0.2) is 4.79 Å². The predicted molar refractivity (Wildman–Crippen MR) is 83.3 cm³/mol. The summed E-state index contributed by atoms with van der Waals surface area (Å²) in [4.78, 5) is 11.4. The zero-order chi connectivity index (χ0) is 17.0. The van der Waals surface area contributed by atoms with Gasteiger partial charge in [-0.3, -0.25) is 0 Å². The third kappa shape index (κ3) is 11.9. The highest BCUT2D eigenvalue weighted by atomic mass is 32.2. The van der Waals surface area contributed by atoms with Gasteiger partial charge >= 0.3 is 16.1 Å². The average molecular weight is 339 g/mol. The lowest BCUT2D eigenvalue weighted by molar-refractivity contribution is -0.138. The van der Waals surface area contributed by atoms with Gasteiger partial charge in [0.1, 0.15) is 6.04 Å². The zero-order valence-corrected chi connectivity index (χ0v) is 14.1. The Morgan fingerprint density at radius 3 is 2.05 bits per heavy atom. The van der Waals surface area contributed by atoms with Crippen LogP contribution in [-0.2, 0) is 19.1 Å². The number of unbranched alkanes of at least 4 members (excludes halogenated alkanes) is 7. The molecule has 0 aliphatic carbocycles. The van der Waals surface area contributed by atoms with Gasteiger partial charge in [0.15, 0.2) is 6.29 Å². The molecule has 4 N–H and O–H groups in total. The van der Waals surface area contributed by atoms with Gasteiger partial charge in [-0.2, -0.15) is 8.42 Å². The van der Waals surface area contributed by atoms with Gasteiger partial charge < -0.3 is 20.1 Å². The molecule has 0 amide bonds. The van der Waals surface area contributed by atoms with Crippen LogP contribution in [0.15, 0.2) is 0 Å². The first-order valence-corrected chi connectivity index (χ1v) is 9.44. The molecule has 0 aromatic carbocycles. The molecule has 132 valence electrons. The Morgan fingerprint density at radius 1 is 1.05 bits per heavy atom. The lowest BCUT2D eigenvalue weighted by Crippen LogP contribution is -2.37. The van der Waals surface area contributed by atoms with Crippen molar-refractivity contribution < 1.29 is 27.6 Å². The Balaban J connectivity index is 3.84.